The SMILES string of the molecule is COc1ccc(NC(=O)c2cc(Br)cn2C(C)C)cc1O. The van der Waals surface area contributed by atoms with Gasteiger partial charge in [0.05, 0.1) is 7.11 Å². The predicted octanol–water partition coefficient (Wildman–Crippen LogP) is 3.80. The normalized spacial score (nSPS) is 10.7. The van der Waals surface area contributed by atoms with Gasteiger partial charge >= 0.3 is 0 Å². The van der Waals surface area contributed by atoms with Crippen molar-refractivity contribution >= 4 is 27.5 Å². The van der Waals surface area contributed by atoms with Gasteiger partial charge in [-0.2, -0.15) is 0 Å². The summed E-state index contributed by atoms with van der Waals surface area (Å²) in [6.45, 7) is 4.00. The summed E-state index contributed by atoms with van der Waals surface area (Å²) in [5.41, 5.74) is 1.05. The Kier molecular flexibility index (Phi) is 4.57. The van der Waals surface area contributed by atoms with Gasteiger partial charge in [0.2, 0.25) is 0 Å². The van der Waals surface area contributed by atoms with E-state index in [1.165, 1.54) is 13.2 Å². The Labute approximate surface area is 131 Å². The summed E-state index contributed by atoms with van der Waals surface area (Å²) < 4.78 is 7.69. The molecule has 0 spiro atoms. The standard InChI is InChI=1S/C15H17BrN2O3/c1-9(2)18-8-10(16)6-12(18)15(20)17-11-4-5-14(21-3)13(19)7-11/h4-9,19H,1-3H3,(H,17,20). The van der Waals surface area contributed by atoms with E-state index in [1.54, 1.807) is 18.2 Å². The largest absolute Gasteiger partial charge is 0.504 e. The monoisotopic (exact) mass is 352 g/mol. The van der Waals surface area contributed by atoms with Crippen LogP contribution in [0.15, 0.2) is 34.9 Å². The molecule has 2 N–H and O–H groups in total. The highest BCUT2D eigenvalue weighted by Gasteiger charge is 2.15. The third-order valence-electron chi connectivity index (χ3n) is 3.04. The van der Waals surface area contributed by atoms with Gasteiger partial charge in [-0.05, 0) is 48.0 Å². The zero-order chi connectivity index (χ0) is 15.6. The van der Waals surface area contributed by atoms with Crippen LogP contribution in [0.5, 0.6) is 11.5 Å². The molecule has 0 saturated carbocycles. The summed E-state index contributed by atoms with van der Waals surface area (Å²) in [7, 11) is 1.47. The lowest BCUT2D eigenvalue weighted by molar-refractivity contribution is 0.101. The number of hydrogen-bond donors (Lipinski definition) is 2. The zero-order valence-corrected chi connectivity index (χ0v) is 13.6. The number of nitrogens with zero attached hydrogens (tertiary/aromatic N) is 1. The Morgan fingerprint density at radius 3 is 2.67 bits per heavy atom. The van der Waals surface area contributed by atoms with Crippen LogP contribution in [0.4, 0.5) is 5.69 Å². The molecule has 0 aliphatic rings. The molecule has 112 valence electrons. The summed E-state index contributed by atoms with van der Waals surface area (Å²) in [4.78, 5) is 12.4. The van der Waals surface area contributed by atoms with E-state index in [1.807, 2.05) is 24.6 Å². The van der Waals surface area contributed by atoms with Crippen molar-refractivity contribution in [3.05, 3.63) is 40.6 Å². The maximum atomic E-state index is 12.4. The number of rotatable bonds is 4. The average Bonchev–Trinajstić information content (AvgIpc) is 2.81. The third kappa shape index (κ3) is 3.39. The molecule has 21 heavy (non-hydrogen) atoms. The highest BCUT2D eigenvalue weighted by Crippen LogP contribution is 2.29. The first-order valence-electron chi connectivity index (χ1n) is 6.48. The molecule has 0 aliphatic carbocycles. The molecule has 1 heterocycles. The second-order valence-corrected chi connectivity index (χ2v) is 5.80. The van der Waals surface area contributed by atoms with Crippen molar-refractivity contribution in [3.8, 4) is 11.5 Å². The number of methoxy groups -OCH3 is 1. The number of ether oxygens (including phenoxy) is 1. The quantitative estimate of drug-likeness (QED) is 0.879. The van der Waals surface area contributed by atoms with Gasteiger partial charge < -0.3 is 19.7 Å². The number of amides is 1. The van der Waals surface area contributed by atoms with E-state index in [4.69, 9.17) is 4.74 Å². The molecule has 0 saturated heterocycles. The number of phenolic OH excluding ortho intramolecular Hbond substituents is 1. The predicted molar refractivity (Wildman–Crippen MR) is 85.1 cm³/mol. The second-order valence-electron chi connectivity index (χ2n) is 4.89. The van der Waals surface area contributed by atoms with Gasteiger partial charge in [-0.1, -0.05) is 0 Å². The van der Waals surface area contributed by atoms with Crippen molar-refractivity contribution < 1.29 is 14.6 Å². The number of halogens is 1. The third-order valence-corrected chi connectivity index (χ3v) is 3.47. The molecular weight excluding hydrogens is 336 g/mol. The van der Waals surface area contributed by atoms with E-state index in [0.717, 1.165) is 4.47 Å². The smallest absolute Gasteiger partial charge is 0.272 e. The first-order valence-corrected chi connectivity index (χ1v) is 7.27. The highest BCUT2D eigenvalue weighted by molar-refractivity contribution is 9.10. The van der Waals surface area contributed by atoms with Crippen molar-refractivity contribution in [2.75, 3.05) is 12.4 Å². The minimum absolute atomic E-state index is 0.0178. The van der Waals surface area contributed by atoms with Crippen LogP contribution in [0.25, 0.3) is 0 Å². The van der Waals surface area contributed by atoms with Gasteiger partial charge in [0.15, 0.2) is 11.5 Å². The number of phenols is 1. The number of carbonyl (C=O) groups excluding carboxylic acids is 1. The molecule has 1 amide bonds. The fourth-order valence-electron chi connectivity index (χ4n) is 2.02. The summed E-state index contributed by atoms with van der Waals surface area (Å²) in [6.07, 6.45) is 1.87. The fourth-order valence-corrected chi connectivity index (χ4v) is 2.46. The van der Waals surface area contributed by atoms with Crippen LogP contribution in [-0.2, 0) is 0 Å². The molecule has 0 aliphatic heterocycles. The van der Waals surface area contributed by atoms with E-state index in [-0.39, 0.29) is 17.7 Å². The van der Waals surface area contributed by atoms with Crippen LogP contribution in [0.1, 0.15) is 30.4 Å². The molecule has 0 radical (unpaired) electrons. The minimum Gasteiger partial charge on any atom is -0.504 e. The molecule has 0 atom stereocenters. The summed E-state index contributed by atoms with van der Waals surface area (Å²) in [5, 5.41) is 12.5. The summed E-state index contributed by atoms with van der Waals surface area (Å²) >= 11 is 3.38. The number of aromatic hydroxyl groups is 1. The summed E-state index contributed by atoms with van der Waals surface area (Å²) in [5.74, 6) is 0.107. The molecule has 0 fully saturated rings. The first kappa shape index (κ1) is 15.4. The molecule has 2 rings (SSSR count). The molecule has 0 unspecified atom stereocenters. The average molecular weight is 353 g/mol. The van der Waals surface area contributed by atoms with Gasteiger partial charge in [0.25, 0.3) is 5.91 Å². The van der Waals surface area contributed by atoms with Crippen LogP contribution < -0.4 is 10.1 Å². The highest BCUT2D eigenvalue weighted by atomic mass is 79.9. The number of benzene rings is 1. The zero-order valence-electron chi connectivity index (χ0n) is 12.1. The van der Waals surface area contributed by atoms with E-state index < -0.39 is 0 Å². The van der Waals surface area contributed by atoms with Gasteiger partial charge in [-0.25, -0.2) is 0 Å². The number of hydrogen-bond acceptors (Lipinski definition) is 3. The van der Waals surface area contributed by atoms with Gasteiger partial charge in [0, 0.05) is 28.5 Å². The lowest BCUT2D eigenvalue weighted by atomic mass is 10.2. The van der Waals surface area contributed by atoms with E-state index in [2.05, 4.69) is 21.2 Å². The van der Waals surface area contributed by atoms with Crippen LogP contribution in [0.2, 0.25) is 0 Å². The van der Waals surface area contributed by atoms with Crippen molar-refractivity contribution in [1.29, 1.82) is 0 Å². The molecular formula is C15H17BrN2O3. The lowest BCUT2D eigenvalue weighted by Gasteiger charge is -2.13. The Balaban J connectivity index is 2.24. The molecule has 6 heteroatoms. The van der Waals surface area contributed by atoms with Crippen LogP contribution in [0.3, 0.4) is 0 Å². The summed E-state index contributed by atoms with van der Waals surface area (Å²) in [6, 6.07) is 6.66. The lowest BCUT2D eigenvalue weighted by Crippen LogP contribution is -2.17. The van der Waals surface area contributed by atoms with E-state index >= 15 is 0 Å². The Bertz CT molecular complexity index is 665. The Hall–Kier alpha value is -1.95. The number of carbonyl (C=O) groups is 1. The van der Waals surface area contributed by atoms with Gasteiger partial charge in [-0.15, -0.1) is 0 Å². The van der Waals surface area contributed by atoms with Crippen LogP contribution >= 0.6 is 15.9 Å². The molecule has 2 aromatic rings. The van der Waals surface area contributed by atoms with Crippen LogP contribution in [-0.4, -0.2) is 22.7 Å². The van der Waals surface area contributed by atoms with E-state index in [0.29, 0.717) is 17.1 Å². The topological polar surface area (TPSA) is 63.5 Å². The fraction of sp³-hybridized carbons (Fsp3) is 0.267. The maximum Gasteiger partial charge on any atom is 0.272 e. The minimum atomic E-state index is -0.237. The van der Waals surface area contributed by atoms with Crippen molar-refractivity contribution in [2.45, 2.75) is 19.9 Å². The van der Waals surface area contributed by atoms with Crippen molar-refractivity contribution in [1.82, 2.24) is 4.57 Å². The molecule has 1 aromatic carbocycles. The number of nitrogens with one attached hydrogen (secondary N) is 1. The number of aromatic nitrogens is 1. The molecule has 0 bridgehead atoms. The Morgan fingerprint density at radius 2 is 2.10 bits per heavy atom. The second kappa shape index (κ2) is 6.22. The number of anilines is 1. The van der Waals surface area contributed by atoms with Crippen molar-refractivity contribution in [3.63, 3.8) is 0 Å². The molecule has 5 nitrogen and oxygen atoms in total. The first-order chi connectivity index (χ1) is 9.92. The maximum absolute atomic E-state index is 12.4. The van der Waals surface area contributed by atoms with Crippen molar-refractivity contribution in [2.24, 2.45) is 0 Å². The Morgan fingerprint density at radius 1 is 1.38 bits per heavy atom. The van der Waals surface area contributed by atoms with E-state index in [9.17, 15) is 9.90 Å². The van der Waals surface area contributed by atoms with Crippen LogP contribution in [0, 0.1) is 0 Å². The molecule has 1 aromatic heterocycles. The van der Waals surface area contributed by atoms with Gasteiger partial charge in [0.1, 0.15) is 5.69 Å². The van der Waals surface area contributed by atoms with Gasteiger partial charge in [-0.3, -0.25) is 4.79 Å².